The van der Waals surface area contributed by atoms with Gasteiger partial charge in [0.25, 0.3) is 0 Å². The summed E-state index contributed by atoms with van der Waals surface area (Å²) in [6.45, 7) is 3.76. The van der Waals surface area contributed by atoms with Crippen LogP contribution in [0.3, 0.4) is 0 Å². The van der Waals surface area contributed by atoms with Crippen molar-refractivity contribution in [1.29, 1.82) is 0 Å². The summed E-state index contributed by atoms with van der Waals surface area (Å²) in [5.41, 5.74) is 2.60. The van der Waals surface area contributed by atoms with Crippen LogP contribution in [0.4, 0.5) is 0 Å². The fourth-order valence-corrected chi connectivity index (χ4v) is 2.06. The first kappa shape index (κ1) is 14.8. The standard InChI is InChI=1S/C16H16O5/c1-4-12(13-5-6-20-10(13)2)11-7-15(21-9-11)14(17)8-16(18)19-3/h4-7,9H,8H2,1-3H3/b12-4-. The molecule has 21 heavy (non-hydrogen) atoms. The molecule has 0 saturated heterocycles. The van der Waals surface area contributed by atoms with Gasteiger partial charge in [0.1, 0.15) is 12.2 Å². The number of hydrogen-bond acceptors (Lipinski definition) is 5. The number of ketones is 1. The van der Waals surface area contributed by atoms with Crippen LogP contribution in [0.2, 0.25) is 0 Å². The van der Waals surface area contributed by atoms with E-state index in [1.807, 2.05) is 26.0 Å². The quantitative estimate of drug-likeness (QED) is 0.479. The summed E-state index contributed by atoms with van der Waals surface area (Å²) >= 11 is 0. The van der Waals surface area contributed by atoms with Gasteiger partial charge in [-0.2, -0.15) is 0 Å². The minimum Gasteiger partial charge on any atom is -0.469 e. The zero-order chi connectivity index (χ0) is 15.4. The summed E-state index contributed by atoms with van der Waals surface area (Å²) in [4.78, 5) is 23.0. The highest BCUT2D eigenvalue weighted by atomic mass is 16.5. The van der Waals surface area contributed by atoms with Crippen molar-refractivity contribution in [3.8, 4) is 0 Å². The minimum absolute atomic E-state index is 0.135. The van der Waals surface area contributed by atoms with Gasteiger partial charge in [-0.3, -0.25) is 9.59 Å². The average molecular weight is 288 g/mol. The predicted octanol–water partition coefficient (Wildman–Crippen LogP) is 3.38. The van der Waals surface area contributed by atoms with Crippen LogP contribution in [-0.4, -0.2) is 18.9 Å². The number of furan rings is 2. The van der Waals surface area contributed by atoms with E-state index in [4.69, 9.17) is 8.83 Å². The maximum absolute atomic E-state index is 11.9. The van der Waals surface area contributed by atoms with Crippen LogP contribution >= 0.6 is 0 Å². The molecule has 0 aliphatic rings. The Kier molecular flexibility index (Phi) is 4.42. The Hall–Kier alpha value is -2.56. The summed E-state index contributed by atoms with van der Waals surface area (Å²) in [7, 11) is 1.24. The SMILES string of the molecule is C/C=C(/c1coc(C(=O)CC(=O)OC)c1)c1ccoc1C. The fourth-order valence-electron chi connectivity index (χ4n) is 2.06. The van der Waals surface area contributed by atoms with Crippen molar-refractivity contribution in [3.05, 3.63) is 53.4 Å². The molecule has 0 radical (unpaired) electrons. The number of rotatable bonds is 5. The van der Waals surface area contributed by atoms with E-state index >= 15 is 0 Å². The Bertz CT molecular complexity index is 687. The van der Waals surface area contributed by atoms with Gasteiger partial charge in [-0.15, -0.1) is 0 Å². The topological polar surface area (TPSA) is 69.7 Å². The number of allylic oxidation sites excluding steroid dienone is 1. The molecule has 2 rings (SSSR count). The Labute approximate surface area is 122 Å². The molecule has 0 saturated carbocycles. The Balaban J connectivity index is 2.25. The van der Waals surface area contributed by atoms with E-state index in [2.05, 4.69) is 4.74 Å². The van der Waals surface area contributed by atoms with Gasteiger partial charge in [-0.05, 0) is 31.6 Å². The number of methoxy groups -OCH3 is 1. The summed E-state index contributed by atoms with van der Waals surface area (Å²) in [5.74, 6) is -0.0787. The molecule has 110 valence electrons. The second-order valence-corrected chi connectivity index (χ2v) is 4.47. The van der Waals surface area contributed by atoms with E-state index in [-0.39, 0.29) is 12.2 Å². The summed E-state index contributed by atoms with van der Waals surface area (Å²) < 4.78 is 15.0. The molecule has 0 unspecified atom stereocenters. The van der Waals surface area contributed by atoms with Crippen LogP contribution in [0.1, 0.15) is 40.8 Å². The van der Waals surface area contributed by atoms with Crippen LogP contribution in [0.15, 0.2) is 39.6 Å². The summed E-state index contributed by atoms with van der Waals surface area (Å²) in [6.07, 6.45) is 4.68. The van der Waals surface area contributed by atoms with Crippen LogP contribution in [0, 0.1) is 6.92 Å². The third kappa shape index (κ3) is 3.13. The molecule has 2 heterocycles. The maximum atomic E-state index is 11.9. The first-order chi connectivity index (χ1) is 10.1. The molecule has 0 atom stereocenters. The zero-order valence-electron chi connectivity index (χ0n) is 12.1. The summed E-state index contributed by atoms with van der Waals surface area (Å²) in [6, 6.07) is 3.47. The highest BCUT2D eigenvalue weighted by molar-refractivity contribution is 6.04. The molecular weight excluding hydrogens is 272 g/mol. The highest BCUT2D eigenvalue weighted by Crippen LogP contribution is 2.28. The molecule has 0 amide bonds. The van der Waals surface area contributed by atoms with Crippen molar-refractivity contribution < 1.29 is 23.2 Å². The average Bonchev–Trinajstić information content (AvgIpc) is 3.10. The predicted molar refractivity (Wildman–Crippen MR) is 75.9 cm³/mol. The molecule has 0 N–H and O–H groups in total. The first-order valence-corrected chi connectivity index (χ1v) is 6.46. The Morgan fingerprint density at radius 2 is 2.10 bits per heavy atom. The van der Waals surface area contributed by atoms with Gasteiger partial charge in [0, 0.05) is 11.1 Å². The molecule has 5 heteroatoms. The number of ether oxygens (including phenoxy) is 1. The van der Waals surface area contributed by atoms with Gasteiger partial charge in [-0.25, -0.2) is 0 Å². The summed E-state index contributed by atoms with van der Waals surface area (Å²) in [5, 5.41) is 0. The number of aryl methyl sites for hydroxylation is 1. The van der Waals surface area contributed by atoms with Crippen molar-refractivity contribution in [3.63, 3.8) is 0 Å². The number of esters is 1. The smallest absolute Gasteiger partial charge is 0.313 e. The monoisotopic (exact) mass is 288 g/mol. The molecular formula is C16H16O5. The number of hydrogen-bond donors (Lipinski definition) is 0. The lowest BCUT2D eigenvalue weighted by molar-refractivity contribution is -0.139. The zero-order valence-corrected chi connectivity index (χ0v) is 12.1. The van der Waals surface area contributed by atoms with Crippen LogP contribution in [0.5, 0.6) is 0 Å². The maximum Gasteiger partial charge on any atom is 0.313 e. The molecule has 0 aromatic carbocycles. The molecule has 0 fully saturated rings. The first-order valence-electron chi connectivity index (χ1n) is 6.46. The molecule has 0 bridgehead atoms. The minimum atomic E-state index is -0.588. The lowest BCUT2D eigenvalue weighted by Gasteiger charge is -2.01. The number of carbonyl (C=O) groups is 2. The molecule has 0 aliphatic heterocycles. The number of carbonyl (C=O) groups excluding carboxylic acids is 2. The third-order valence-corrected chi connectivity index (χ3v) is 3.16. The van der Waals surface area contributed by atoms with Gasteiger partial charge in [0.15, 0.2) is 5.76 Å². The third-order valence-electron chi connectivity index (χ3n) is 3.16. The molecule has 5 nitrogen and oxygen atoms in total. The van der Waals surface area contributed by atoms with Crippen molar-refractivity contribution in [2.75, 3.05) is 7.11 Å². The van der Waals surface area contributed by atoms with Crippen LogP contribution < -0.4 is 0 Å². The molecule has 0 aliphatic carbocycles. The van der Waals surface area contributed by atoms with Crippen LogP contribution in [0.25, 0.3) is 5.57 Å². The highest BCUT2D eigenvalue weighted by Gasteiger charge is 2.18. The fraction of sp³-hybridized carbons (Fsp3) is 0.250. The van der Waals surface area contributed by atoms with E-state index in [9.17, 15) is 9.59 Å². The van der Waals surface area contributed by atoms with Gasteiger partial charge in [0.2, 0.25) is 5.78 Å². The largest absolute Gasteiger partial charge is 0.469 e. The lowest BCUT2D eigenvalue weighted by Crippen LogP contribution is -2.08. The van der Waals surface area contributed by atoms with Gasteiger partial charge in [0.05, 0.1) is 19.6 Å². The Morgan fingerprint density at radius 3 is 2.67 bits per heavy atom. The van der Waals surface area contributed by atoms with E-state index in [0.29, 0.717) is 0 Å². The Morgan fingerprint density at radius 1 is 1.33 bits per heavy atom. The lowest BCUT2D eigenvalue weighted by atomic mass is 10.0. The van der Waals surface area contributed by atoms with Crippen LogP contribution in [-0.2, 0) is 9.53 Å². The normalized spacial score (nSPS) is 11.5. The van der Waals surface area contributed by atoms with Crippen molar-refractivity contribution >= 4 is 17.3 Å². The van der Waals surface area contributed by atoms with E-state index < -0.39 is 11.8 Å². The molecule has 2 aromatic heterocycles. The van der Waals surface area contributed by atoms with Gasteiger partial charge < -0.3 is 13.6 Å². The van der Waals surface area contributed by atoms with E-state index in [0.717, 1.165) is 22.5 Å². The molecule has 2 aromatic rings. The van der Waals surface area contributed by atoms with E-state index in [1.54, 1.807) is 12.3 Å². The van der Waals surface area contributed by atoms with Crippen molar-refractivity contribution in [2.45, 2.75) is 20.3 Å². The van der Waals surface area contributed by atoms with Crippen molar-refractivity contribution in [1.82, 2.24) is 0 Å². The molecule has 0 spiro atoms. The van der Waals surface area contributed by atoms with E-state index in [1.165, 1.54) is 13.4 Å². The van der Waals surface area contributed by atoms with Gasteiger partial charge in [-0.1, -0.05) is 6.08 Å². The van der Waals surface area contributed by atoms with Gasteiger partial charge >= 0.3 is 5.97 Å². The number of Topliss-reactive ketones (excluding diaryl/α,β-unsaturated/α-hetero) is 1. The van der Waals surface area contributed by atoms with Crippen molar-refractivity contribution in [2.24, 2.45) is 0 Å². The second kappa shape index (κ2) is 6.26. The second-order valence-electron chi connectivity index (χ2n) is 4.47.